The maximum atomic E-state index is 12.5. The zero-order chi connectivity index (χ0) is 16.2. The second kappa shape index (κ2) is 7.47. The van der Waals surface area contributed by atoms with E-state index in [2.05, 4.69) is 33.0 Å². The Morgan fingerprint density at radius 3 is 2.39 bits per heavy atom. The average Bonchev–Trinajstić information content (AvgIpc) is 3.00. The number of halogens is 1. The van der Waals surface area contributed by atoms with Gasteiger partial charge in [-0.1, -0.05) is 0 Å². The lowest BCUT2D eigenvalue weighted by Gasteiger charge is -2.34. The van der Waals surface area contributed by atoms with Gasteiger partial charge in [0.05, 0.1) is 10.9 Å². The minimum absolute atomic E-state index is 0.103. The molecule has 1 aromatic carbocycles. The topological polar surface area (TPSA) is 32.8 Å². The Balaban J connectivity index is 1.54. The molecule has 2 heterocycles. The van der Waals surface area contributed by atoms with E-state index < -0.39 is 0 Å². The van der Waals surface area contributed by atoms with Crippen molar-refractivity contribution >= 4 is 33.2 Å². The minimum atomic E-state index is 0.103. The molecule has 1 aliphatic rings. The summed E-state index contributed by atoms with van der Waals surface area (Å²) in [6.45, 7) is 4.34. The lowest BCUT2D eigenvalue weighted by Crippen LogP contribution is -2.48. The predicted molar refractivity (Wildman–Crippen MR) is 96.2 cm³/mol. The molecule has 1 aliphatic heterocycles. The Kier molecular flexibility index (Phi) is 5.35. The summed E-state index contributed by atoms with van der Waals surface area (Å²) in [7, 11) is 1.63. The van der Waals surface area contributed by atoms with Gasteiger partial charge in [-0.3, -0.25) is 9.69 Å². The molecule has 122 valence electrons. The van der Waals surface area contributed by atoms with Gasteiger partial charge >= 0.3 is 0 Å². The van der Waals surface area contributed by atoms with Crippen molar-refractivity contribution in [2.45, 2.75) is 6.54 Å². The fourth-order valence-corrected chi connectivity index (χ4v) is 4.21. The highest BCUT2D eigenvalue weighted by Gasteiger charge is 2.22. The van der Waals surface area contributed by atoms with Gasteiger partial charge in [-0.05, 0) is 52.3 Å². The van der Waals surface area contributed by atoms with Crippen LogP contribution in [0.15, 0.2) is 40.2 Å². The summed E-state index contributed by atoms with van der Waals surface area (Å²) in [5, 5.41) is 0. The van der Waals surface area contributed by atoms with Crippen molar-refractivity contribution in [1.29, 1.82) is 0 Å². The Morgan fingerprint density at radius 2 is 1.83 bits per heavy atom. The molecule has 0 bridgehead atoms. The van der Waals surface area contributed by atoms with E-state index in [-0.39, 0.29) is 5.91 Å². The molecule has 0 N–H and O–H groups in total. The van der Waals surface area contributed by atoms with Crippen LogP contribution in [0.1, 0.15) is 15.2 Å². The number of methoxy groups -OCH3 is 1. The van der Waals surface area contributed by atoms with Crippen molar-refractivity contribution in [3.63, 3.8) is 0 Å². The first-order chi connectivity index (χ1) is 11.2. The molecule has 1 fully saturated rings. The smallest absolute Gasteiger partial charge is 0.253 e. The molecule has 0 unspecified atom stereocenters. The quantitative estimate of drug-likeness (QED) is 0.795. The fourth-order valence-electron chi connectivity index (χ4n) is 2.68. The molecule has 1 saturated heterocycles. The molecule has 4 nitrogen and oxygen atoms in total. The third kappa shape index (κ3) is 4.13. The number of carbonyl (C=O) groups excluding carboxylic acids is 1. The van der Waals surface area contributed by atoms with E-state index >= 15 is 0 Å². The number of hydrogen-bond acceptors (Lipinski definition) is 4. The maximum absolute atomic E-state index is 12.5. The minimum Gasteiger partial charge on any atom is -0.497 e. The monoisotopic (exact) mass is 394 g/mol. The van der Waals surface area contributed by atoms with Gasteiger partial charge in [0, 0.05) is 43.2 Å². The van der Waals surface area contributed by atoms with Crippen LogP contribution in [0, 0.1) is 0 Å². The third-order valence-electron chi connectivity index (χ3n) is 4.00. The van der Waals surface area contributed by atoms with Gasteiger partial charge in [-0.15, -0.1) is 11.3 Å². The maximum Gasteiger partial charge on any atom is 0.253 e. The summed E-state index contributed by atoms with van der Waals surface area (Å²) in [6, 6.07) is 11.6. The highest BCUT2D eigenvalue weighted by molar-refractivity contribution is 9.11. The number of benzene rings is 1. The largest absolute Gasteiger partial charge is 0.497 e. The van der Waals surface area contributed by atoms with Gasteiger partial charge in [-0.25, -0.2) is 0 Å². The average molecular weight is 395 g/mol. The number of amides is 1. The third-order valence-corrected chi connectivity index (χ3v) is 5.61. The second-order valence-electron chi connectivity index (χ2n) is 5.50. The summed E-state index contributed by atoms with van der Waals surface area (Å²) in [6.07, 6.45) is 0. The first-order valence-corrected chi connectivity index (χ1v) is 9.16. The van der Waals surface area contributed by atoms with Gasteiger partial charge in [0.1, 0.15) is 5.75 Å². The van der Waals surface area contributed by atoms with Crippen molar-refractivity contribution in [1.82, 2.24) is 9.80 Å². The van der Waals surface area contributed by atoms with E-state index in [9.17, 15) is 4.79 Å². The van der Waals surface area contributed by atoms with Crippen molar-refractivity contribution in [2.24, 2.45) is 0 Å². The van der Waals surface area contributed by atoms with E-state index in [1.165, 1.54) is 8.66 Å². The Labute approximate surface area is 148 Å². The summed E-state index contributed by atoms with van der Waals surface area (Å²) in [5.74, 6) is 0.875. The number of thiophene rings is 1. The first kappa shape index (κ1) is 16.5. The standard InChI is InChI=1S/C17H19BrN2O2S/c1-22-14-4-2-13(3-5-14)17(21)20-10-8-19(9-11-20)12-15-6-7-16(18)23-15/h2-7H,8-12H2,1H3. The van der Waals surface area contributed by atoms with Crippen LogP contribution in [0.4, 0.5) is 0 Å². The molecule has 0 atom stereocenters. The Morgan fingerprint density at radius 1 is 1.13 bits per heavy atom. The van der Waals surface area contributed by atoms with E-state index in [1.807, 2.05) is 29.2 Å². The van der Waals surface area contributed by atoms with Crippen molar-refractivity contribution < 1.29 is 9.53 Å². The van der Waals surface area contributed by atoms with E-state index in [0.717, 1.165) is 44.0 Å². The lowest BCUT2D eigenvalue weighted by atomic mass is 10.1. The van der Waals surface area contributed by atoms with Gasteiger partial charge in [0.15, 0.2) is 0 Å². The first-order valence-electron chi connectivity index (χ1n) is 7.55. The van der Waals surface area contributed by atoms with Crippen LogP contribution in [-0.4, -0.2) is 49.0 Å². The van der Waals surface area contributed by atoms with Crippen LogP contribution in [0.5, 0.6) is 5.75 Å². The van der Waals surface area contributed by atoms with Crippen LogP contribution in [0.3, 0.4) is 0 Å². The molecule has 0 aliphatic carbocycles. The van der Waals surface area contributed by atoms with Gasteiger partial charge in [0.2, 0.25) is 0 Å². The second-order valence-corrected chi connectivity index (χ2v) is 8.05. The summed E-state index contributed by atoms with van der Waals surface area (Å²) >= 11 is 5.27. The molecule has 1 aromatic heterocycles. The van der Waals surface area contributed by atoms with Gasteiger partial charge < -0.3 is 9.64 Å². The van der Waals surface area contributed by atoms with Crippen LogP contribution >= 0.6 is 27.3 Å². The number of carbonyl (C=O) groups is 1. The number of hydrogen-bond donors (Lipinski definition) is 0. The molecule has 0 saturated carbocycles. The number of nitrogens with zero attached hydrogens (tertiary/aromatic N) is 2. The molecular weight excluding hydrogens is 376 g/mol. The normalized spacial score (nSPS) is 15.7. The predicted octanol–water partition coefficient (Wildman–Crippen LogP) is 3.48. The highest BCUT2D eigenvalue weighted by Crippen LogP contribution is 2.23. The SMILES string of the molecule is COc1ccc(C(=O)N2CCN(Cc3ccc(Br)s3)CC2)cc1. The van der Waals surface area contributed by atoms with Gasteiger partial charge in [0.25, 0.3) is 5.91 Å². The van der Waals surface area contributed by atoms with Crippen molar-refractivity contribution in [3.05, 3.63) is 50.6 Å². The fraction of sp³-hybridized carbons (Fsp3) is 0.353. The number of rotatable bonds is 4. The molecule has 1 amide bonds. The van der Waals surface area contributed by atoms with E-state index in [0.29, 0.717) is 0 Å². The van der Waals surface area contributed by atoms with Crippen LogP contribution in [0.2, 0.25) is 0 Å². The molecular formula is C17H19BrN2O2S. The highest BCUT2D eigenvalue weighted by atomic mass is 79.9. The van der Waals surface area contributed by atoms with Gasteiger partial charge in [-0.2, -0.15) is 0 Å². The Hall–Kier alpha value is -1.37. The van der Waals surface area contributed by atoms with Crippen LogP contribution in [0.25, 0.3) is 0 Å². The van der Waals surface area contributed by atoms with Crippen LogP contribution in [-0.2, 0) is 6.54 Å². The molecule has 6 heteroatoms. The van der Waals surface area contributed by atoms with Crippen molar-refractivity contribution in [3.8, 4) is 5.75 Å². The summed E-state index contributed by atoms with van der Waals surface area (Å²) in [5.41, 5.74) is 0.724. The molecule has 2 aromatic rings. The zero-order valence-corrected chi connectivity index (χ0v) is 15.4. The molecule has 3 rings (SSSR count). The van der Waals surface area contributed by atoms with Crippen molar-refractivity contribution in [2.75, 3.05) is 33.3 Å². The zero-order valence-electron chi connectivity index (χ0n) is 13.0. The molecule has 23 heavy (non-hydrogen) atoms. The molecule has 0 spiro atoms. The van der Waals surface area contributed by atoms with E-state index in [1.54, 1.807) is 18.4 Å². The number of ether oxygens (including phenoxy) is 1. The lowest BCUT2D eigenvalue weighted by molar-refractivity contribution is 0.0629. The van der Waals surface area contributed by atoms with E-state index in [4.69, 9.17) is 4.74 Å². The summed E-state index contributed by atoms with van der Waals surface area (Å²) < 4.78 is 6.30. The Bertz CT molecular complexity index is 663. The molecule has 0 radical (unpaired) electrons. The number of piperazine rings is 1. The summed E-state index contributed by atoms with van der Waals surface area (Å²) in [4.78, 5) is 18.2. The van der Waals surface area contributed by atoms with Crippen LogP contribution < -0.4 is 4.74 Å².